The fraction of sp³-hybridized carbons (Fsp3) is 0.812. The van der Waals surface area contributed by atoms with Gasteiger partial charge in [-0.2, -0.15) is 0 Å². The average Bonchev–Trinajstić information content (AvgIpc) is 3.54. The summed E-state index contributed by atoms with van der Waals surface area (Å²) >= 11 is 0. The molecule has 1 aliphatic heterocycles. The SMILES string of the molecule is CC(C)[C@H](NC(=O)N[C@H](C(=O)N1CC[C@H](C(C)(C)C)[C@H]1C(=O)NC(CC1CC1)C(=O)C(N)=O)C(C)(C)C)C(=O)C1CCC1. The Labute approximate surface area is 256 Å². The molecular formula is C32H53N5O6. The van der Waals surface area contributed by atoms with Gasteiger partial charge in [0.05, 0.1) is 12.1 Å². The highest BCUT2D eigenvalue weighted by molar-refractivity contribution is 6.37. The highest BCUT2D eigenvalue weighted by atomic mass is 16.2. The van der Waals surface area contributed by atoms with Crippen molar-refractivity contribution in [1.82, 2.24) is 20.9 Å². The molecule has 0 aromatic rings. The van der Waals surface area contributed by atoms with Gasteiger partial charge in [0.15, 0.2) is 5.78 Å². The number of hydrogen-bond acceptors (Lipinski definition) is 6. The molecule has 1 unspecified atom stereocenters. The third-order valence-corrected chi connectivity index (χ3v) is 9.36. The number of nitrogens with one attached hydrogen (secondary N) is 3. The summed E-state index contributed by atoms with van der Waals surface area (Å²) in [4.78, 5) is 80.3. The van der Waals surface area contributed by atoms with Crippen LogP contribution in [0.25, 0.3) is 0 Å². The minimum atomic E-state index is -1.10. The van der Waals surface area contributed by atoms with Gasteiger partial charge in [-0.05, 0) is 54.3 Å². The van der Waals surface area contributed by atoms with Crippen LogP contribution in [0.1, 0.15) is 100 Å². The number of carbonyl (C=O) groups excluding carboxylic acids is 6. The van der Waals surface area contributed by atoms with Crippen LogP contribution in [-0.4, -0.2) is 70.9 Å². The molecule has 0 aromatic carbocycles. The summed E-state index contributed by atoms with van der Waals surface area (Å²) in [6.07, 6.45) is 5.38. The largest absolute Gasteiger partial charge is 0.363 e. The van der Waals surface area contributed by atoms with Gasteiger partial charge in [0, 0.05) is 12.5 Å². The molecule has 3 aliphatic rings. The molecule has 5 N–H and O–H groups in total. The number of likely N-dealkylation sites (tertiary alicyclic amines) is 1. The standard InChI is InChI=1S/C32H53N5O6/c1-17(2)22(24(38)19-10-9-11-19)35-30(43)36-26(32(6,7)8)29(42)37-15-14-20(31(3,4)5)23(37)28(41)34-21(16-18-12-13-18)25(39)27(33)40/h17-23,26H,9-16H2,1-8H3,(H2,33,40)(H,34,41)(H2,35,36,43)/t20-,21?,22-,23-,26+/m0/s1. The lowest BCUT2D eigenvalue weighted by molar-refractivity contribution is -0.145. The number of hydrogen-bond donors (Lipinski definition) is 4. The lowest BCUT2D eigenvalue weighted by Gasteiger charge is -2.39. The lowest BCUT2D eigenvalue weighted by atomic mass is 9.75. The first-order valence-electron chi connectivity index (χ1n) is 15.9. The summed E-state index contributed by atoms with van der Waals surface area (Å²) in [7, 11) is 0. The number of Topliss-reactive ketones (excluding diaryl/α,β-unsaturated/α-hetero) is 2. The van der Waals surface area contributed by atoms with E-state index in [4.69, 9.17) is 5.73 Å². The smallest absolute Gasteiger partial charge is 0.316 e. The van der Waals surface area contributed by atoms with Gasteiger partial charge >= 0.3 is 6.03 Å². The van der Waals surface area contributed by atoms with E-state index in [1.165, 1.54) is 4.90 Å². The Morgan fingerprint density at radius 3 is 1.91 bits per heavy atom. The van der Waals surface area contributed by atoms with E-state index in [1.807, 2.05) is 55.4 Å². The van der Waals surface area contributed by atoms with Gasteiger partial charge < -0.3 is 26.6 Å². The zero-order valence-corrected chi connectivity index (χ0v) is 27.2. The zero-order valence-electron chi connectivity index (χ0n) is 27.2. The molecule has 0 bridgehead atoms. The number of urea groups is 1. The Kier molecular flexibility index (Phi) is 10.7. The van der Waals surface area contributed by atoms with Crippen LogP contribution in [0, 0.1) is 34.5 Å². The first-order valence-corrected chi connectivity index (χ1v) is 15.9. The number of nitrogens with zero attached hydrogens (tertiary/aromatic N) is 1. The van der Waals surface area contributed by atoms with Gasteiger partial charge in [-0.3, -0.25) is 24.0 Å². The van der Waals surface area contributed by atoms with E-state index in [1.54, 1.807) is 0 Å². The van der Waals surface area contributed by atoms with E-state index >= 15 is 0 Å². The maximum atomic E-state index is 14.2. The molecule has 2 aliphatic carbocycles. The summed E-state index contributed by atoms with van der Waals surface area (Å²) in [5.41, 5.74) is 4.21. The Morgan fingerprint density at radius 2 is 1.47 bits per heavy atom. The van der Waals surface area contributed by atoms with Crippen molar-refractivity contribution in [3.05, 3.63) is 0 Å². The van der Waals surface area contributed by atoms with Crippen LogP contribution in [0.4, 0.5) is 4.79 Å². The fourth-order valence-corrected chi connectivity index (χ4v) is 6.26. The van der Waals surface area contributed by atoms with E-state index in [9.17, 15) is 28.8 Å². The van der Waals surface area contributed by atoms with E-state index < -0.39 is 59.1 Å². The molecule has 3 rings (SSSR count). The van der Waals surface area contributed by atoms with Gasteiger partial charge in [-0.25, -0.2) is 4.79 Å². The van der Waals surface area contributed by atoms with Gasteiger partial charge in [0.2, 0.25) is 17.6 Å². The van der Waals surface area contributed by atoms with Crippen molar-refractivity contribution in [1.29, 1.82) is 0 Å². The maximum Gasteiger partial charge on any atom is 0.316 e. The summed E-state index contributed by atoms with van der Waals surface area (Å²) < 4.78 is 0. The van der Waals surface area contributed by atoms with E-state index in [-0.39, 0.29) is 34.9 Å². The third kappa shape index (κ3) is 8.56. The molecule has 1 saturated heterocycles. The molecule has 0 radical (unpaired) electrons. The molecule has 0 spiro atoms. The van der Waals surface area contributed by atoms with Gasteiger partial charge in [-0.1, -0.05) is 74.7 Å². The Bertz CT molecular complexity index is 1100. The normalized spacial score (nSPS) is 23.1. The second-order valence-corrected chi connectivity index (χ2v) is 15.4. The fourth-order valence-electron chi connectivity index (χ4n) is 6.26. The third-order valence-electron chi connectivity index (χ3n) is 9.36. The number of rotatable bonds is 12. The number of amides is 5. The summed E-state index contributed by atoms with van der Waals surface area (Å²) in [5.74, 6) is -3.00. The van der Waals surface area contributed by atoms with Crippen molar-refractivity contribution in [3.8, 4) is 0 Å². The second-order valence-electron chi connectivity index (χ2n) is 15.4. The van der Waals surface area contributed by atoms with Crippen LogP contribution in [0.3, 0.4) is 0 Å². The van der Waals surface area contributed by atoms with Crippen molar-refractivity contribution >= 4 is 35.3 Å². The Balaban J connectivity index is 1.84. The topological polar surface area (TPSA) is 168 Å². The molecular weight excluding hydrogens is 550 g/mol. The number of ketones is 2. The highest BCUT2D eigenvalue weighted by Crippen LogP contribution is 2.40. The van der Waals surface area contributed by atoms with E-state index in [2.05, 4.69) is 16.0 Å². The molecule has 0 aromatic heterocycles. The van der Waals surface area contributed by atoms with Crippen LogP contribution in [0.2, 0.25) is 0 Å². The first kappa shape index (κ1) is 34.5. The Morgan fingerprint density at radius 1 is 0.860 bits per heavy atom. The van der Waals surface area contributed by atoms with Crippen molar-refractivity contribution < 1.29 is 28.8 Å². The van der Waals surface area contributed by atoms with Crippen LogP contribution < -0.4 is 21.7 Å². The molecule has 43 heavy (non-hydrogen) atoms. The van der Waals surface area contributed by atoms with Crippen molar-refractivity contribution in [2.24, 2.45) is 40.2 Å². The monoisotopic (exact) mass is 603 g/mol. The summed E-state index contributed by atoms with van der Waals surface area (Å²) in [5, 5.41) is 8.42. The van der Waals surface area contributed by atoms with Crippen LogP contribution in [0.15, 0.2) is 0 Å². The van der Waals surface area contributed by atoms with E-state index in [0.717, 1.165) is 32.1 Å². The maximum absolute atomic E-state index is 14.2. The molecule has 5 amide bonds. The van der Waals surface area contributed by atoms with Crippen LogP contribution in [-0.2, 0) is 24.0 Å². The summed E-state index contributed by atoms with van der Waals surface area (Å²) in [6, 6.07) is -4.22. The number of carbonyl (C=O) groups is 6. The van der Waals surface area contributed by atoms with Gasteiger partial charge in [0.25, 0.3) is 5.91 Å². The van der Waals surface area contributed by atoms with Crippen LogP contribution in [0.5, 0.6) is 0 Å². The second kappa shape index (κ2) is 13.3. The van der Waals surface area contributed by atoms with Crippen molar-refractivity contribution in [2.75, 3.05) is 6.54 Å². The predicted molar refractivity (Wildman–Crippen MR) is 162 cm³/mol. The molecule has 11 heteroatoms. The molecule has 3 fully saturated rings. The molecule has 1 heterocycles. The predicted octanol–water partition coefficient (Wildman–Crippen LogP) is 2.70. The highest BCUT2D eigenvalue weighted by Gasteiger charge is 2.50. The average molecular weight is 604 g/mol. The summed E-state index contributed by atoms with van der Waals surface area (Å²) in [6.45, 7) is 15.6. The van der Waals surface area contributed by atoms with Crippen LogP contribution >= 0.6 is 0 Å². The zero-order chi connectivity index (χ0) is 32.4. The van der Waals surface area contributed by atoms with Crippen molar-refractivity contribution in [3.63, 3.8) is 0 Å². The van der Waals surface area contributed by atoms with Gasteiger partial charge in [-0.15, -0.1) is 0 Å². The van der Waals surface area contributed by atoms with Gasteiger partial charge in [0.1, 0.15) is 12.1 Å². The van der Waals surface area contributed by atoms with Crippen molar-refractivity contribution in [2.45, 2.75) is 125 Å². The first-order chi connectivity index (χ1) is 19.8. The molecule has 11 nitrogen and oxygen atoms in total. The Hall–Kier alpha value is -2.98. The minimum Gasteiger partial charge on any atom is -0.363 e. The lowest BCUT2D eigenvalue weighted by Crippen LogP contribution is -2.62. The number of primary amides is 1. The molecule has 5 atom stereocenters. The minimum absolute atomic E-state index is 0.0191. The quantitative estimate of drug-likeness (QED) is 0.250. The molecule has 2 saturated carbocycles. The number of nitrogens with two attached hydrogens (primary N) is 1. The van der Waals surface area contributed by atoms with E-state index in [0.29, 0.717) is 19.4 Å². The molecule has 242 valence electrons.